The summed E-state index contributed by atoms with van der Waals surface area (Å²) in [5, 5.41) is 7.93. The maximum atomic E-state index is 13.4. The van der Waals surface area contributed by atoms with Gasteiger partial charge in [0.25, 0.3) is 5.78 Å². The summed E-state index contributed by atoms with van der Waals surface area (Å²) in [5.41, 5.74) is 2.92. The Balaban J connectivity index is 1.86. The van der Waals surface area contributed by atoms with Gasteiger partial charge in [-0.3, -0.25) is 0 Å². The molecule has 0 atom stereocenters. The van der Waals surface area contributed by atoms with Crippen molar-refractivity contribution in [3.8, 4) is 0 Å². The van der Waals surface area contributed by atoms with Crippen molar-refractivity contribution >= 4 is 28.9 Å². The molecule has 0 fully saturated rings. The highest BCUT2D eigenvalue weighted by atomic mass is 35.5. The molecule has 0 aliphatic heterocycles. The molecule has 0 saturated heterocycles. The lowest BCUT2D eigenvalue weighted by Crippen LogP contribution is -2.07. The maximum absolute atomic E-state index is 13.4. The standard InChI is InChI=1S/C16H15ClFN5/c1-2-14-21-16-20-13-5-3-4-10(13)15(23(16)22-14)19-9-6-7-12(18)11(17)8-9/h6-8,19H,2-5H2,1H3. The van der Waals surface area contributed by atoms with E-state index < -0.39 is 5.82 Å². The number of fused-ring (bicyclic) bond motifs is 2. The summed E-state index contributed by atoms with van der Waals surface area (Å²) in [6, 6.07) is 4.58. The minimum absolute atomic E-state index is 0.0878. The van der Waals surface area contributed by atoms with E-state index in [1.165, 1.54) is 6.07 Å². The normalized spacial score (nSPS) is 13.5. The van der Waals surface area contributed by atoms with Crippen molar-refractivity contribution in [3.05, 3.63) is 46.1 Å². The van der Waals surface area contributed by atoms with Gasteiger partial charge in [-0.25, -0.2) is 9.37 Å². The number of hydrogen-bond acceptors (Lipinski definition) is 4. The molecule has 1 aliphatic carbocycles. The largest absolute Gasteiger partial charge is 0.340 e. The number of halogens is 2. The Hall–Kier alpha value is -2.21. The predicted molar refractivity (Wildman–Crippen MR) is 86.9 cm³/mol. The van der Waals surface area contributed by atoms with E-state index in [0.29, 0.717) is 11.5 Å². The fourth-order valence-electron chi connectivity index (χ4n) is 2.91. The third-order valence-electron chi connectivity index (χ3n) is 4.05. The highest BCUT2D eigenvalue weighted by Crippen LogP contribution is 2.31. The summed E-state index contributed by atoms with van der Waals surface area (Å²) in [4.78, 5) is 9.08. The summed E-state index contributed by atoms with van der Waals surface area (Å²) >= 11 is 5.88. The topological polar surface area (TPSA) is 55.1 Å². The fraction of sp³-hybridized carbons (Fsp3) is 0.312. The van der Waals surface area contributed by atoms with Crippen LogP contribution in [0.15, 0.2) is 18.2 Å². The molecule has 0 radical (unpaired) electrons. The van der Waals surface area contributed by atoms with E-state index >= 15 is 0 Å². The van der Waals surface area contributed by atoms with Crippen LogP contribution < -0.4 is 5.32 Å². The predicted octanol–water partition coefficient (Wildman–Crippen LogP) is 3.71. The Labute approximate surface area is 137 Å². The first-order chi connectivity index (χ1) is 11.2. The first-order valence-corrected chi connectivity index (χ1v) is 8.03. The molecule has 1 aliphatic rings. The highest BCUT2D eigenvalue weighted by Gasteiger charge is 2.22. The molecule has 2 aromatic heterocycles. The summed E-state index contributed by atoms with van der Waals surface area (Å²) < 4.78 is 15.1. The molecule has 0 spiro atoms. The van der Waals surface area contributed by atoms with Crippen LogP contribution in [0.3, 0.4) is 0 Å². The van der Waals surface area contributed by atoms with E-state index in [0.717, 1.165) is 48.6 Å². The number of anilines is 2. The second kappa shape index (κ2) is 5.45. The molecule has 5 nitrogen and oxygen atoms in total. The van der Waals surface area contributed by atoms with Crippen molar-refractivity contribution in [3.63, 3.8) is 0 Å². The third kappa shape index (κ3) is 2.43. The molecule has 4 rings (SSSR count). The van der Waals surface area contributed by atoms with Crippen LogP contribution in [0.4, 0.5) is 15.9 Å². The molecule has 0 saturated carbocycles. The van der Waals surface area contributed by atoms with Crippen molar-refractivity contribution in [1.82, 2.24) is 19.6 Å². The van der Waals surface area contributed by atoms with E-state index in [1.807, 2.05) is 6.92 Å². The average molecular weight is 332 g/mol. The van der Waals surface area contributed by atoms with Crippen molar-refractivity contribution in [2.75, 3.05) is 5.32 Å². The number of hydrogen-bond donors (Lipinski definition) is 1. The Morgan fingerprint density at radius 2 is 2.17 bits per heavy atom. The highest BCUT2D eigenvalue weighted by molar-refractivity contribution is 6.31. The van der Waals surface area contributed by atoms with Crippen LogP contribution in [-0.4, -0.2) is 19.6 Å². The molecule has 0 unspecified atom stereocenters. The van der Waals surface area contributed by atoms with E-state index in [2.05, 4.69) is 20.4 Å². The van der Waals surface area contributed by atoms with Gasteiger partial charge in [0.15, 0.2) is 5.82 Å². The van der Waals surface area contributed by atoms with E-state index in [4.69, 9.17) is 11.6 Å². The molecular weight excluding hydrogens is 317 g/mol. The van der Waals surface area contributed by atoms with Crippen LogP contribution in [0.25, 0.3) is 5.78 Å². The number of aryl methyl sites for hydroxylation is 2. The van der Waals surface area contributed by atoms with Crippen LogP contribution in [0, 0.1) is 5.82 Å². The molecule has 0 bridgehead atoms. The van der Waals surface area contributed by atoms with Gasteiger partial charge in [-0.1, -0.05) is 18.5 Å². The SMILES string of the molecule is CCc1nc2nc3c(c(Nc4ccc(F)c(Cl)c4)n2n1)CCC3. The van der Waals surface area contributed by atoms with Crippen LogP contribution in [-0.2, 0) is 19.3 Å². The van der Waals surface area contributed by atoms with Gasteiger partial charge in [-0.2, -0.15) is 9.50 Å². The number of aromatic nitrogens is 4. The van der Waals surface area contributed by atoms with Crippen LogP contribution in [0.1, 0.15) is 30.4 Å². The van der Waals surface area contributed by atoms with Crippen molar-refractivity contribution < 1.29 is 4.39 Å². The quantitative estimate of drug-likeness (QED) is 0.795. The lowest BCUT2D eigenvalue weighted by Gasteiger charge is -2.12. The molecule has 118 valence electrons. The molecule has 23 heavy (non-hydrogen) atoms. The summed E-state index contributed by atoms with van der Waals surface area (Å²) in [7, 11) is 0. The third-order valence-corrected chi connectivity index (χ3v) is 4.34. The molecule has 0 amide bonds. The minimum Gasteiger partial charge on any atom is -0.340 e. The van der Waals surface area contributed by atoms with Gasteiger partial charge >= 0.3 is 0 Å². The van der Waals surface area contributed by atoms with E-state index in [9.17, 15) is 4.39 Å². The molecule has 2 heterocycles. The number of benzene rings is 1. The first kappa shape index (κ1) is 14.4. The smallest absolute Gasteiger partial charge is 0.254 e. The van der Waals surface area contributed by atoms with Gasteiger partial charge in [-0.05, 0) is 37.5 Å². The van der Waals surface area contributed by atoms with E-state index in [-0.39, 0.29) is 5.02 Å². The number of nitrogens with one attached hydrogen (secondary N) is 1. The zero-order chi connectivity index (χ0) is 16.0. The van der Waals surface area contributed by atoms with Crippen molar-refractivity contribution in [2.24, 2.45) is 0 Å². The lowest BCUT2D eigenvalue weighted by molar-refractivity contribution is 0.628. The first-order valence-electron chi connectivity index (χ1n) is 7.65. The van der Waals surface area contributed by atoms with E-state index in [1.54, 1.807) is 16.6 Å². The van der Waals surface area contributed by atoms with Gasteiger partial charge in [0.2, 0.25) is 0 Å². The maximum Gasteiger partial charge on any atom is 0.254 e. The van der Waals surface area contributed by atoms with Crippen molar-refractivity contribution in [1.29, 1.82) is 0 Å². The van der Waals surface area contributed by atoms with Gasteiger partial charge in [0, 0.05) is 17.7 Å². The van der Waals surface area contributed by atoms with Gasteiger partial charge < -0.3 is 5.32 Å². The van der Waals surface area contributed by atoms with Crippen LogP contribution in [0.5, 0.6) is 0 Å². The molecule has 3 aromatic rings. The van der Waals surface area contributed by atoms with Gasteiger partial charge in [-0.15, -0.1) is 5.10 Å². The minimum atomic E-state index is -0.434. The zero-order valence-electron chi connectivity index (χ0n) is 12.6. The Kier molecular flexibility index (Phi) is 3.41. The van der Waals surface area contributed by atoms with Gasteiger partial charge in [0.1, 0.15) is 11.6 Å². The average Bonchev–Trinajstić information content (AvgIpc) is 3.16. The molecular formula is C16H15ClFN5. The molecule has 1 aromatic carbocycles. The Morgan fingerprint density at radius 3 is 2.96 bits per heavy atom. The Morgan fingerprint density at radius 1 is 1.30 bits per heavy atom. The lowest BCUT2D eigenvalue weighted by atomic mass is 10.2. The molecule has 7 heteroatoms. The monoisotopic (exact) mass is 331 g/mol. The fourth-order valence-corrected chi connectivity index (χ4v) is 3.09. The number of rotatable bonds is 3. The second-order valence-corrected chi connectivity index (χ2v) is 5.99. The Bertz CT molecular complexity index is 905. The zero-order valence-corrected chi connectivity index (χ0v) is 13.4. The second-order valence-electron chi connectivity index (χ2n) is 5.59. The van der Waals surface area contributed by atoms with Gasteiger partial charge in [0.05, 0.1) is 10.7 Å². The number of nitrogens with zero attached hydrogens (tertiary/aromatic N) is 4. The summed E-state index contributed by atoms with van der Waals surface area (Å²) in [6.07, 6.45) is 3.70. The summed E-state index contributed by atoms with van der Waals surface area (Å²) in [5.74, 6) is 1.76. The van der Waals surface area contributed by atoms with Crippen LogP contribution in [0.2, 0.25) is 5.02 Å². The van der Waals surface area contributed by atoms with Crippen molar-refractivity contribution in [2.45, 2.75) is 32.6 Å². The molecule has 1 N–H and O–H groups in total. The summed E-state index contributed by atoms with van der Waals surface area (Å²) in [6.45, 7) is 2.01. The van der Waals surface area contributed by atoms with Crippen LogP contribution >= 0.6 is 11.6 Å².